The molecule has 0 aliphatic rings. The summed E-state index contributed by atoms with van der Waals surface area (Å²) in [4.78, 5) is 27.9. The molecule has 0 saturated heterocycles. The summed E-state index contributed by atoms with van der Waals surface area (Å²) >= 11 is 0. The van der Waals surface area contributed by atoms with Gasteiger partial charge in [-0.1, -0.05) is 37.3 Å². The number of carbonyl (C=O) groups is 2. The number of hydrogen-bond donors (Lipinski definition) is 1. The standard InChI is InChI=1S/C24H34N4O5S/c1-6-22(24(30)25-7-2)27(17-19-12-11-15-21(16-19)33-5)23(29)18-28(34(31,32)26(3)4)20-13-9-8-10-14-20/h8-16,22H,6-7,17-18H2,1-5H3,(H,25,30)/t22-/m0/s1. The highest BCUT2D eigenvalue weighted by molar-refractivity contribution is 7.90. The van der Waals surface area contributed by atoms with Crippen LogP contribution in [0.4, 0.5) is 5.69 Å². The summed E-state index contributed by atoms with van der Waals surface area (Å²) in [6.45, 7) is 3.71. The van der Waals surface area contributed by atoms with Crippen molar-refractivity contribution in [3.8, 4) is 5.75 Å². The molecule has 186 valence electrons. The van der Waals surface area contributed by atoms with E-state index in [0.717, 1.165) is 14.2 Å². The third-order valence-corrected chi connectivity index (χ3v) is 7.11. The molecule has 10 heteroatoms. The maximum absolute atomic E-state index is 13.7. The minimum Gasteiger partial charge on any atom is -0.497 e. The Morgan fingerprint density at radius 1 is 1.03 bits per heavy atom. The predicted molar refractivity (Wildman–Crippen MR) is 133 cm³/mol. The second-order valence-electron chi connectivity index (χ2n) is 7.82. The Labute approximate surface area is 202 Å². The van der Waals surface area contributed by atoms with Gasteiger partial charge in [-0.05, 0) is 43.2 Å². The van der Waals surface area contributed by atoms with E-state index < -0.39 is 28.7 Å². The molecule has 0 aliphatic heterocycles. The van der Waals surface area contributed by atoms with Gasteiger partial charge in [0.2, 0.25) is 11.8 Å². The Kier molecular flexibility index (Phi) is 9.88. The Hall–Kier alpha value is -3.11. The van der Waals surface area contributed by atoms with Crippen molar-refractivity contribution in [1.82, 2.24) is 14.5 Å². The molecular weight excluding hydrogens is 456 g/mol. The zero-order chi connectivity index (χ0) is 25.3. The van der Waals surface area contributed by atoms with Gasteiger partial charge in [0.15, 0.2) is 0 Å². The summed E-state index contributed by atoms with van der Waals surface area (Å²) in [5.41, 5.74) is 1.12. The van der Waals surface area contributed by atoms with Crippen LogP contribution >= 0.6 is 0 Å². The summed E-state index contributed by atoms with van der Waals surface area (Å²) in [5.74, 6) is -0.157. The lowest BCUT2D eigenvalue weighted by atomic mass is 10.1. The van der Waals surface area contributed by atoms with E-state index in [4.69, 9.17) is 4.74 Å². The van der Waals surface area contributed by atoms with Crippen molar-refractivity contribution in [3.63, 3.8) is 0 Å². The van der Waals surface area contributed by atoms with Crippen LogP contribution in [0.5, 0.6) is 5.75 Å². The van der Waals surface area contributed by atoms with Crippen LogP contribution in [0.1, 0.15) is 25.8 Å². The fraction of sp³-hybridized carbons (Fsp3) is 0.417. The molecule has 2 aromatic carbocycles. The number of ether oxygens (including phenoxy) is 1. The zero-order valence-corrected chi connectivity index (χ0v) is 21.2. The van der Waals surface area contributed by atoms with Gasteiger partial charge in [0, 0.05) is 27.2 Å². The maximum atomic E-state index is 13.7. The molecule has 0 bridgehead atoms. The quantitative estimate of drug-likeness (QED) is 0.492. The Morgan fingerprint density at radius 3 is 2.26 bits per heavy atom. The van der Waals surface area contributed by atoms with Crippen molar-refractivity contribution in [3.05, 3.63) is 60.2 Å². The van der Waals surface area contributed by atoms with Gasteiger partial charge in [-0.25, -0.2) is 4.31 Å². The predicted octanol–water partition coefficient (Wildman–Crippen LogP) is 2.25. The number of hydrogen-bond acceptors (Lipinski definition) is 5. The van der Waals surface area contributed by atoms with Gasteiger partial charge < -0.3 is 15.0 Å². The van der Waals surface area contributed by atoms with Gasteiger partial charge >= 0.3 is 10.2 Å². The first-order valence-corrected chi connectivity index (χ1v) is 12.5. The van der Waals surface area contributed by atoms with Crippen molar-refractivity contribution in [1.29, 1.82) is 0 Å². The average molecular weight is 491 g/mol. The molecule has 1 atom stereocenters. The maximum Gasteiger partial charge on any atom is 0.304 e. The third-order valence-electron chi connectivity index (χ3n) is 5.29. The Bertz CT molecular complexity index is 1060. The van der Waals surface area contributed by atoms with E-state index in [-0.39, 0.29) is 12.5 Å². The average Bonchev–Trinajstić information content (AvgIpc) is 2.82. The SMILES string of the molecule is CCNC(=O)[C@H](CC)N(Cc1cccc(OC)c1)C(=O)CN(c1ccccc1)S(=O)(=O)N(C)C. The molecule has 0 spiro atoms. The normalized spacial score (nSPS) is 12.2. The lowest BCUT2D eigenvalue weighted by Crippen LogP contribution is -2.53. The monoisotopic (exact) mass is 490 g/mol. The largest absolute Gasteiger partial charge is 0.497 e. The number of nitrogens with one attached hydrogen (secondary N) is 1. The van der Waals surface area contributed by atoms with E-state index in [0.29, 0.717) is 24.4 Å². The second kappa shape index (κ2) is 12.4. The summed E-state index contributed by atoms with van der Waals surface area (Å²) in [7, 11) is 0.403. The summed E-state index contributed by atoms with van der Waals surface area (Å²) < 4.78 is 33.6. The molecule has 2 amide bonds. The van der Waals surface area contributed by atoms with Crippen molar-refractivity contribution < 1.29 is 22.7 Å². The van der Waals surface area contributed by atoms with E-state index in [9.17, 15) is 18.0 Å². The van der Waals surface area contributed by atoms with Crippen molar-refractivity contribution in [2.45, 2.75) is 32.9 Å². The van der Waals surface area contributed by atoms with Gasteiger partial charge in [0.1, 0.15) is 18.3 Å². The first kappa shape index (κ1) is 27.1. The molecular formula is C24H34N4O5S. The fourth-order valence-electron chi connectivity index (χ4n) is 3.49. The van der Waals surface area contributed by atoms with Crippen LogP contribution in [-0.2, 0) is 26.3 Å². The number of anilines is 1. The first-order chi connectivity index (χ1) is 16.1. The van der Waals surface area contributed by atoms with E-state index in [1.54, 1.807) is 62.6 Å². The molecule has 9 nitrogen and oxygen atoms in total. The van der Waals surface area contributed by atoms with E-state index in [1.165, 1.54) is 19.0 Å². The number of nitrogens with zero attached hydrogens (tertiary/aromatic N) is 3. The molecule has 0 fully saturated rings. The highest BCUT2D eigenvalue weighted by atomic mass is 32.2. The van der Waals surface area contributed by atoms with E-state index in [1.807, 2.05) is 13.0 Å². The summed E-state index contributed by atoms with van der Waals surface area (Å²) in [5, 5.41) is 2.78. The van der Waals surface area contributed by atoms with Crippen molar-refractivity contribution >= 4 is 27.7 Å². The minimum absolute atomic E-state index is 0.121. The highest BCUT2D eigenvalue weighted by Crippen LogP contribution is 2.22. The van der Waals surface area contributed by atoms with Crippen molar-refractivity contribution in [2.75, 3.05) is 38.6 Å². The number of para-hydroxylation sites is 1. The lowest BCUT2D eigenvalue weighted by molar-refractivity contribution is -0.140. The van der Waals surface area contributed by atoms with Gasteiger partial charge in [-0.2, -0.15) is 12.7 Å². The van der Waals surface area contributed by atoms with Crippen LogP contribution in [0.25, 0.3) is 0 Å². The molecule has 0 aliphatic carbocycles. The van der Waals surface area contributed by atoms with Gasteiger partial charge in [0.05, 0.1) is 12.8 Å². The van der Waals surface area contributed by atoms with E-state index >= 15 is 0 Å². The molecule has 2 aromatic rings. The van der Waals surface area contributed by atoms with Crippen LogP contribution in [0, 0.1) is 0 Å². The van der Waals surface area contributed by atoms with Crippen LogP contribution in [0.15, 0.2) is 54.6 Å². The molecule has 0 aromatic heterocycles. The smallest absolute Gasteiger partial charge is 0.304 e. The molecule has 34 heavy (non-hydrogen) atoms. The number of rotatable bonds is 12. The number of likely N-dealkylation sites (N-methyl/N-ethyl adjacent to an activating group) is 1. The molecule has 0 unspecified atom stereocenters. The molecule has 2 rings (SSSR count). The van der Waals surface area contributed by atoms with Crippen LogP contribution in [-0.4, -0.2) is 69.8 Å². The lowest BCUT2D eigenvalue weighted by Gasteiger charge is -2.33. The summed E-state index contributed by atoms with van der Waals surface area (Å²) in [6, 6.07) is 14.9. The second-order valence-corrected chi connectivity index (χ2v) is 9.89. The molecule has 0 heterocycles. The fourth-order valence-corrected chi connectivity index (χ4v) is 4.55. The molecule has 0 saturated carbocycles. The van der Waals surface area contributed by atoms with Gasteiger partial charge in [-0.3, -0.25) is 9.59 Å². The van der Waals surface area contributed by atoms with Gasteiger partial charge in [-0.15, -0.1) is 0 Å². The number of methoxy groups -OCH3 is 1. The Morgan fingerprint density at radius 2 is 1.71 bits per heavy atom. The zero-order valence-electron chi connectivity index (χ0n) is 20.4. The topological polar surface area (TPSA) is 99.3 Å². The summed E-state index contributed by atoms with van der Waals surface area (Å²) in [6.07, 6.45) is 0.368. The molecule has 0 radical (unpaired) electrons. The van der Waals surface area contributed by atoms with Crippen LogP contribution in [0.3, 0.4) is 0 Å². The third kappa shape index (κ3) is 6.71. The van der Waals surface area contributed by atoms with Crippen LogP contribution < -0.4 is 14.4 Å². The highest BCUT2D eigenvalue weighted by Gasteiger charge is 2.33. The van der Waals surface area contributed by atoms with E-state index in [2.05, 4.69) is 5.32 Å². The van der Waals surface area contributed by atoms with Gasteiger partial charge in [0.25, 0.3) is 0 Å². The minimum atomic E-state index is -3.97. The van der Waals surface area contributed by atoms with Crippen molar-refractivity contribution in [2.24, 2.45) is 0 Å². The number of amides is 2. The number of carbonyl (C=O) groups excluding carboxylic acids is 2. The molecule has 1 N–H and O–H groups in total. The first-order valence-electron chi connectivity index (χ1n) is 11.1. The van der Waals surface area contributed by atoms with Crippen LogP contribution in [0.2, 0.25) is 0 Å². The Balaban J connectivity index is 2.48. The number of benzene rings is 2.